The van der Waals surface area contributed by atoms with Crippen LogP contribution in [0.1, 0.15) is 10.4 Å². The van der Waals surface area contributed by atoms with E-state index >= 15 is 0 Å². The van der Waals surface area contributed by atoms with Crippen LogP contribution in [0.5, 0.6) is 11.8 Å². The van der Waals surface area contributed by atoms with E-state index in [-0.39, 0.29) is 0 Å². The van der Waals surface area contributed by atoms with Crippen molar-refractivity contribution in [2.75, 3.05) is 7.11 Å². The molecule has 2 aromatic heterocycles. The predicted octanol–water partition coefficient (Wildman–Crippen LogP) is 3.43. The quantitative estimate of drug-likeness (QED) is 0.679. The molecule has 6 nitrogen and oxygen atoms in total. The van der Waals surface area contributed by atoms with Gasteiger partial charge in [-0.3, -0.25) is 0 Å². The fraction of sp³-hybridized carbons (Fsp3) is 0.176. The van der Waals surface area contributed by atoms with Crippen LogP contribution in [0.3, 0.4) is 0 Å². The van der Waals surface area contributed by atoms with Gasteiger partial charge in [-0.1, -0.05) is 35.9 Å². The number of aryl methyl sites for hydroxylation is 1. The highest BCUT2D eigenvalue weighted by atomic mass is 32.1. The van der Waals surface area contributed by atoms with E-state index in [0.29, 0.717) is 24.2 Å². The fourth-order valence-corrected chi connectivity index (χ4v) is 2.57. The maximum atomic E-state index is 8.29. The maximum absolute atomic E-state index is 8.29. The van der Waals surface area contributed by atoms with E-state index in [0.717, 1.165) is 10.4 Å². The molecule has 0 unspecified atom stereocenters. The number of hydrogen-bond acceptors (Lipinski definition) is 7. The zero-order valence-corrected chi connectivity index (χ0v) is 15.3. The van der Waals surface area contributed by atoms with Gasteiger partial charge < -0.3 is 9.47 Å². The van der Waals surface area contributed by atoms with E-state index < -0.39 is 11.6 Å². The average Bonchev–Trinajstić information content (AvgIpc) is 3.14. The highest BCUT2D eigenvalue weighted by molar-refractivity contribution is 7.51. The molecule has 8 heteroatoms. The Morgan fingerprint density at radius 3 is 2.36 bits per heavy atom. The van der Waals surface area contributed by atoms with Crippen LogP contribution in [0.15, 0.2) is 47.8 Å². The molecule has 0 saturated carbocycles. The van der Waals surface area contributed by atoms with Crippen molar-refractivity contribution in [2.24, 2.45) is 0 Å². The molecule has 0 aliphatic rings. The van der Waals surface area contributed by atoms with Crippen molar-refractivity contribution < 1.29 is 17.9 Å². The highest BCUT2D eigenvalue weighted by Crippen LogP contribution is 2.24. The number of aromatic nitrogens is 2. The lowest BCUT2D eigenvalue weighted by atomic mass is 10.1. The second-order valence-corrected chi connectivity index (χ2v) is 6.04. The van der Waals surface area contributed by atoms with Gasteiger partial charge >= 0.3 is 11.6 Å². The monoisotopic (exact) mass is 376 g/mol. The number of nitrogens with zero attached hydrogens (tertiary/aromatic N) is 2. The molecular formula is C17H16N2O4S2. The number of methoxy groups -OCH3 is 1. The van der Waals surface area contributed by atoms with Gasteiger partial charge in [0, 0.05) is 10.4 Å². The molecule has 0 atom stereocenters. The lowest BCUT2D eigenvalue weighted by molar-refractivity contribution is 0.293. The summed E-state index contributed by atoms with van der Waals surface area (Å²) in [5, 5.41) is 2.02. The minimum Gasteiger partial charge on any atom is -0.481 e. The summed E-state index contributed by atoms with van der Waals surface area (Å²) in [5.74, 6) is 1.60. The first kappa shape index (κ1) is 18.8. The van der Waals surface area contributed by atoms with E-state index in [2.05, 4.69) is 9.97 Å². The van der Waals surface area contributed by atoms with E-state index in [4.69, 9.17) is 17.9 Å². The molecule has 3 rings (SSSR count). The van der Waals surface area contributed by atoms with Crippen molar-refractivity contribution in [1.82, 2.24) is 9.97 Å². The van der Waals surface area contributed by atoms with Crippen LogP contribution in [0, 0.1) is 6.92 Å². The second-order valence-electron chi connectivity index (χ2n) is 4.87. The van der Waals surface area contributed by atoms with Gasteiger partial charge in [0.2, 0.25) is 11.8 Å². The van der Waals surface area contributed by atoms with Gasteiger partial charge in [0.15, 0.2) is 5.82 Å². The summed E-state index contributed by atoms with van der Waals surface area (Å²) in [4.78, 5) is 10.0. The van der Waals surface area contributed by atoms with Gasteiger partial charge in [0.1, 0.15) is 6.61 Å². The molecular weight excluding hydrogens is 360 g/mol. The molecule has 2 heterocycles. The van der Waals surface area contributed by atoms with Crippen LogP contribution in [0.4, 0.5) is 0 Å². The van der Waals surface area contributed by atoms with Gasteiger partial charge in [0.25, 0.3) is 0 Å². The first-order chi connectivity index (χ1) is 12.2. The highest BCUT2D eigenvalue weighted by Gasteiger charge is 2.09. The number of thiophene rings is 1. The molecule has 0 aliphatic carbocycles. The van der Waals surface area contributed by atoms with Crippen molar-refractivity contribution in [1.29, 1.82) is 0 Å². The van der Waals surface area contributed by atoms with Crippen molar-refractivity contribution in [3.63, 3.8) is 0 Å². The van der Waals surface area contributed by atoms with Crippen LogP contribution in [-0.2, 0) is 18.2 Å². The van der Waals surface area contributed by atoms with Crippen LogP contribution < -0.4 is 9.47 Å². The minimum atomic E-state index is -0.750. The van der Waals surface area contributed by atoms with E-state index in [1.165, 1.54) is 5.56 Å². The molecule has 0 saturated heterocycles. The molecule has 0 aliphatic heterocycles. The smallest absolute Gasteiger partial charge is 0.335 e. The summed E-state index contributed by atoms with van der Waals surface area (Å²) in [6, 6.07) is 13.8. The minimum absolute atomic E-state index is 0.491. The van der Waals surface area contributed by atoms with Crippen LogP contribution >= 0.6 is 11.3 Å². The van der Waals surface area contributed by atoms with E-state index in [9.17, 15) is 0 Å². The Morgan fingerprint density at radius 1 is 1.08 bits per heavy atom. The Hall–Kier alpha value is -2.58. The van der Waals surface area contributed by atoms with E-state index in [1.54, 1.807) is 24.5 Å². The molecule has 0 spiro atoms. The Bertz CT molecular complexity index is 830. The SMILES string of the molecule is COc1cc(OCc2cccs2)nc(-c2ccc(C)cc2)n1.O=S=O. The van der Waals surface area contributed by atoms with Crippen LogP contribution in [-0.4, -0.2) is 25.5 Å². The largest absolute Gasteiger partial charge is 0.481 e. The number of rotatable bonds is 5. The van der Waals surface area contributed by atoms with Crippen LogP contribution in [0.2, 0.25) is 0 Å². The fourth-order valence-electron chi connectivity index (χ4n) is 1.95. The Labute approximate surface area is 153 Å². The summed E-state index contributed by atoms with van der Waals surface area (Å²) in [7, 11) is 1.59. The van der Waals surface area contributed by atoms with Gasteiger partial charge in [0.05, 0.1) is 13.2 Å². The van der Waals surface area contributed by atoms with Crippen molar-refractivity contribution in [3.05, 3.63) is 58.3 Å². The maximum Gasteiger partial charge on any atom is 0.335 e. The molecule has 25 heavy (non-hydrogen) atoms. The number of ether oxygens (including phenoxy) is 2. The molecule has 0 radical (unpaired) electrons. The van der Waals surface area contributed by atoms with Crippen molar-refractivity contribution >= 4 is 22.9 Å². The molecule has 0 amide bonds. The predicted molar refractivity (Wildman–Crippen MR) is 96.3 cm³/mol. The molecule has 1 aromatic carbocycles. The van der Waals surface area contributed by atoms with Crippen LogP contribution in [0.25, 0.3) is 11.4 Å². The Morgan fingerprint density at radius 2 is 1.76 bits per heavy atom. The molecule has 0 bridgehead atoms. The summed E-state index contributed by atoms with van der Waals surface area (Å²) in [6.45, 7) is 2.54. The summed E-state index contributed by atoms with van der Waals surface area (Å²) >= 11 is 0.905. The Balaban J connectivity index is 0.000000701. The normalized spacial score (nSPS) is 9.68. The molecule has 0 N–H and O–H groups in total. The standard InChI is InChI=1S/C17H16N2O2S.O2S/c1-12-5-7-13(8-6-12)17-18-15(20-2)10-16(19-17)21-11-14-4-3-9-22-14;1-3-2/h3-10H,11H2,1-2H3;. The third-order valence-corrected chi connectivity index (χ3v) is 3.99. The van der Waals surface area contributed by atoms with E-state index in [1.807, 2.05) is 48.7 Å². The first-order valence-electron chi connectivity index (χ1n) is 7.23. The third-order valence-electron chi connectivity index (χ3n) is 3.14. The summed E-state index contributed by atoms with van der Waals surface area (Å²) in [6.07, 6.45) is 0. The van der Waals surface area contributed by atoms with Gasteiger partial charge in [-0.15, -0.1) is 11.3 Å². The Kier molecular flexibility index (Phi) is 7.24. The molecule has 0 fully saturated rings. The van der Waals surface area contributed by atoms with Gasteiger partial charge in [-0.25, -0.2) is 0 Å². The molecule has 3 aromatic rings. The lowest BCUT2D eigenvalue weighted by Crippen LogP contribution is -2.00. The number of benzene rings is 1. The lowest BCUT2D eigenvalue weighted by Gasteiger charge is -2.08. The topological polar surface area (TPSA) is 78.4 Å². The zero-order chi connectivity index (χ0) is 18.1. The van der Waals surface area contributed by atoms with Crippen molar-refractivity contribution in [2.45, 2.75) is 13.5 Å². The summed E-state index contributed by atoms with van der Waals surface area (Å²) < 4.78 is 27.6. The third kappa shape index (κ3) is 5.77. The second kappa shape index (κ2) is 9.65. The zero-order valence-electron chi connectivity index (χ0n) is 13.7. The van der Waals surface area contributed by atoms with Gasteiger partial charge in [-0.05, 0) is 18.4 Å². The van der Waals surface area contributed by atoms with Gasteiger partial charge in [-0.2, -0.15) is 18.4 Å². The molecule has 130 valence electrons. The summed E-state index contributed by atoms with van der Waals surface area (Å²) in [5.41, 5.74) is 2.13. The number of hydrogen-bond donors (Lipinski definition) is 0. The van der Waals surface area contributed by atoms with Crippen molar-refractivity contribution in [3.8, 4) is 23.1 Å². The average molecular weight is 376 g/mol. The first-order valence-corrected chi connectivity index (χ1v) is 8.78.